The van der Waals surface area contributed by atoms with E-state index in [1.807, 2.05) is 36.4 Å². The second kappa shape index (κ2) is 4.57. The van der Waals surface area contributed by atoms with Gasteiger partial charge in [0.05, 0.1) is 7.11 Å². The molecule has 0 amide bonds. The lowest BCUT2D eigenvalue weighted by atomic mass is 10.3. The molecular formula is C13H13NO2. The van der Waals surface area contributed by atoms with Crippen molar-refractivity contribution in [3.63, 3.8) is 0 Å². The van der Waals surface area contributed by atoms with Gasteiger partial charge in [0, 0.05) is 5.69 Å². The molecule has 0 atom stereocenters. The van der Waals surface area contributed by atoms with Crippen LogP contribution in [0.15, 0.2) is 48.5 Å². The highest BCUT2D eigenvalue weighted by Gasteiger charge is 2.03. The van der Waals surface area contributed by atoms with E-state index in [4.69, 9.17) is 15.2 Å². The number of methoxy groups -OCH3 is 1. The zero-order chi connectivity index (χ0) is 11.4. The summed E-state index contributed by atoms with van der Waals surface area (Å²) in [5.74, 6) is 2.13. The smallest absolute Gasteiger partial charge is 0.169 e. The zero-order valence-electron chi connectivity index (χ0n) is 9.01. The summed E-state index contributed by atoms with van der Waals surface area (Å²) in [6, 6.07) is 14.7. The summed E-state index contributed by atoms with van der Waals surface area (Å²) in [7, 11) is 1.62. The van der Waals surface area contributed by atoms with Gasteiger partial charge in [-0.1, -0.05) is 12.1 Å². The standard InChI is InChI=1S/C13H13NO2/c1-15-12-4-2-3-5-13(12)16-11-8-6-10(14)7-9-11/h2-9H,14H2,1H3. The fourth-order valence-electron chi connectivity index (χ4n) is 1.37. The predicted octanol–water partition coefficient (Wildman–Crippen LogP) is 3.07. The van der Waals surface area contributed by atoms with Gasteiger partial charge in [-0.3, -0.25) is 0 Å². The van der Waals surface area contributed by atoms with Crippen molar-refractivity contribution < 1.29 is 9.47 Å². The van der Waals surface area contributed by atoms with Crippen molar-refractivity contribution in [1.82, 2.24) is 0 Å². The van der Waals surface area contributed by atoms with Crippen molar-refractivity contribution in [3.05, 3.63) is 48.5 Å². The van der Waals surface area contributed by atoms with Crippen LogP contribution < -0.4 is 15.2 Å². The van der Waals surface area contributed by atoms with Gasteiger partial charge in [-0.2, -0.15) is 0 Å². The molecule has 0 fully saturated rings. The average Bonchev–Trinajstić information content (AvgIpc) is 2.33. The van der Waals surface area contributed by atoms with Gasteiger partial charge in [0.25, 0.3) is 0 Å². The van der Waals surface area contributed by atoms with E-state index in [1.54, 1.807) is 19.2 Å². The number of para-hydroxylation sites is 2. The first-order chi connectivity index (χ1) is 7.79. The van der Waals surface area contributed by atoms with Crippen LogP contribution in [0.5, 0.6) is 17.2 Å². The third kappa shape index (κ3) is 2.25. The van der Waals surface area contributed by atoms with E-state index in [-0.39, 0.29) is 0 Å². The van der Waals surface area contributed by atoms with Crippen LogP contribution in [0.1, 0.15) is 0 Å². The summed E-state index contributed by atoms with van der Waals surface area (Å²) in [5, 5.41) is 0. The van der Waals surface area contributed by atoms with Crippen molar-refractivity contribution in [1.29, 1.82) is 0 Å². The monoisotopic (exact) mass is 215 g/mol. The molecule has 0 bridgehead atoms. The quantitative estimate of drug-likeness (QED) is 0.800. The van der Waals surface area contributed by atoms with Gasteiger partial charge < -0.3 is 15.2 Å². The third-order valence-electron chi connectivity index (χ3n) is 2.18. The minimum Gasteiger partial charge on any atom is -0.493 e. The molecule has 0 spiro atoms. The lowest BCUT2D eigenvalue weighted by Crippen LogP contribution is -1.90. The Morgan fingerprint density at radius 3 is 2.12 bits per heavy atom. The maximum Gasteiger partial charge on any atom is 0.169 e. The molecule has 0 aliphatic carbocycles. The number of hydrogen-bond donors (Lipinski definition) is 1. The summed E-state index contributed by atoms with van der Waals surface area (Å²) in [4.78, 5) is 0. The van der Waals surface area contributed by atoms with E-state index < -0.39 is 0 Å². The van der Waals surface area contributed by atoms with Gasteiger partial charge in [-0.15, -0.1) is 0 Å². The highest BCUT2D eigenvalue weighted by atomic mass is 16.5. The van der Waals surface area contributed by atoms with Crippen LogP contribution in [0.4, 0.5) is 5.69 Å². The number of nitrogens with two attached hydrogens (primary N) is 1. The number of benzene rings is 2. The number of nitrogen functional groups attached to an aromatic ring is 1. The lowest BCUT2D eigenvalue weighted by molar-refractivity contribution is 0.379. The van der Waals surface area contributed by atoms with Crippen LogP contribution in [0.3, 0.4) is 0 Å². The highest BCUT2D eigenvalue weighted by Crippen LogP contribution is 2.30. The fraction of sp³-hybridized carbons (Fsp3) is 0.0769. The molecule has 2 rings (SSSR count). The largest absolute Gasteiger partial charge is 0.493 e. The van der Waals surface area contributed by atoms with Crippen molar-refractivity contribution in [2.45, 2.75) is 0 Å². The van der Waals surface area contributed by atoms with Gasteiger partial charge in [-0.25, -0.2) is 0 Å². The Labute approximate surface area is 94.4 Å². The molecule has 2 aromatic rings. The third-order valence-corrected chi connectivity index (χ3v) is 2.18. The Hall–Kier alpha value is -2.16. The fourth-order valence-corrected chi connectivity index (χ4v) is 1.37. The molecule has 0 radical (unpaired) electrons. The Morgan fingerprint density at radius 2 is 1.50 bits per heavy atom. The minimum absolute atomic E-state index is 0.690. The highest BCUT2D eigenvalue weighted by molar-refractivity contribution is 5.46. The first-order valence-corrected chi connectivity index (χ1v) is 4.96. The maximum absolute atomic E-state index is 5.67. The second-order valence-electron chi connectivity index (χ2n) is 3.32. The van der Waals surface area contributed by atoms with Crippen molar-refractivity contribution in [2.75, 3.05) is 12.8 Å². The molecule has 2 aromatic carbocycles. The second-order valence-corrected chi connectivity index (χ2v) is 3.32. The lowest BCUT2D eigenvalue weighted by Gasteiger charge is -2.09. The Bertz CT molecular complexity index is 466. The molecule has 0 aliphatic heterocycles. The molecule has 0 saturated heterocycles. The molecule has 0 heterocycles. The maximum atomic E-state index is 5.67. The van der Waals surface area contributed by atoms with Gasteiger partial charge in [-0.05, 0) is 36.4 Å². The SMILES string of the molecule is COc1ccccc1Oc1ccc(N)cc1. The van der Waals surface area contributed by atoms with Crippen LogP contribution in [0, 0.1) is 0 Å². The molecule has 0 unspecified atom stereocenters. The number of hydrogen-bond acceptors (Lipinski definition) is 3. The summed E-state index contributed by atoms with van der Waals surface area (Å²) in [5.41, 5.74) is 6.31. The number of ether oxygens (including phenoxy) is 2. The van der Waals surface area contributed by atoms with E-state index in [0.717, 1.165) is 5.75 Å². The van der Waals surface area contributed by atoms with E-state index in [9.17, 15) is 0 Å². The molecule has 2 N–H and O–H groups in total. The minimum atomic E-state index is 0.690. The van der Waals surface area contributed by atoms with E-state index in [1.165, 1.54) is 0 Å². The van der Waals surface area contributed by atoms with E-state index >= 15 is 0 Å². The van der Waals surface area contributed by atoms with Crippen molar-refractivity contribution in [2.24, 2.45) is 0 Å². The first-order valence-electron chi connectivity index (χ1n) is 4.96. The molecule has 16 heavy (non-hydrogen) atoms. The molecule has 0 aromatic heterocycles. The Kier molecular flexibility index (Phi) is 2.96. The molecule has 0 saturated carbocycles. The average molecular weight is 215 g/mol. The molecular weight excluding hydrogens is 202 g/mol. The molecule has 0 aliphatic rings. The zero-order valence-corrected chi connectivity index (χ0v) is 9.01. The molecule has 82 valence electrons. The van der Waals surface area contributed by atoms with Crippen LogP contribution in [-0.4, -0.2) is 7.11 Å². The first kappa shape index (κ1) is 10.4. The Morgan fingerprint density at radius 1 is 0.875 bits per heavy atom. The summed E-state index contributed by atoms with van der Waals surface area (Å²) >= 11 is 0. The van der Waals surface area contributed by atoms with E-state index in [0.29, 0.717) is 17.2 Å². The summed E-state index contributed by atoms with van der Waals surface area (Å²) in [6.07, 6.45) is 0. The molecule has 3 heteroatoms. The molecule has 3 nitrogen and oxygen atoms in total. The van der Waals surface area contributed by atoms with Crippen molar-refractivity contribution >= 4 is 5.69 Å². The normalized spacial score (nSPS) is 9.81. The van der Waals surface area contributed by atoms with Crippen LogP contribution in [0.2, 0.25) is 0 Å². The summed E-state index contributed by atoms with van der Waals surface area (Å²) < 4.78 is 10.9. The van der Waals surface area contributed by atoms with Gasteiger partial charge in [0.1, 0.15) is 5.75 Å². The van der Waals surface area contributed by atoms with Crippen LogP contribution in [-0.2, 0) is 0 Å². The number of anilines is 1. The predicted molar refractivity (Wildman–Crippen MR) is 63.9 cm³/mol. The Balaban J connectivity index is 2.23. The van der Waals surface area contributed by atoms with Crippen LogP contribution in [0.25, 0.3) is 0 Å². The van der Waals surface area contributed by atoms with Gasteiger partial charge >= 0.3 is 0 Å². The van der Waals surface area contributed by atoms with Crippen molar-refractivity contribution in [3.8, 4) is 17.2 Å². The topological polar surface area (TPSA) is 44.5 Å². The van der Waals surface area contributed by atoms with Crippen LogP contribution >= 0.6 is 0 Å². The van der Waals surface area contributed by atoms with Gasteiger partial charge in [0.2, 0.25) is 0 Å². The van der Waals surface area contributed by atoms with E-state index in [2.05, 4.69) is 0 Å². The summed E-state index contributed by atoms with van der Waals surface area (Å²) in [6.45, 7) is 0. The van der Waals surface area contributed by atoms with Gasteiger partial charge in [0.15, 0.2) is 11.5 Å². The number of rotatable bonds is 3.